The first-order chi connectivity index (χ1) is 8.25. The number of rotatable bonds is 4. The molecule has 0 aliphatic heterocycles. The van der Waals surface area contributed by atoms with Gasteiger partial charge in [-0.1, -0.05) is 61.0 Å². The zero-order valence-electron chi connectivity index (χ0n) is 10.1. The van der Waals surface area contributed by atoms with Crippen molar-refractivity contribution in [2.24, 2.45) is 0 Å². The molecule has 0 saturated heterocycles. The van der Waals surface area contributed by atoms with Crippen molar-refractivity contribution in [3.8, 4) is 0 Å². The molecule has 0 aliphatic rings. The maximum Gasteiger partial charge on any atom is 0.0406 e. The zero-order valence-corrected chi connectivity index (χ0v) is 10.8. The summed E-state index contributed by atoms with van der Waals surface area (Å²) in [5, 5.41) is 0.810. The van der Waals surface area contributed by atoms with Crippen molar-refractivity contribution in [2.45, 2.75) is 25.7 Å². The van der Waals surface area contributed by atoms with Gasteiger partial charge in [-0.3, -0.25) is 0 Å². The SMILES string of the molecule is C[C@@H](CCc1ccc(Cl)cc1)c1ccccc1. The van der Waals surface area contributed by atoms with Crippen LogP contribution in [-0.4, -0.2) is 0 Å². The lowest BCUT2D eigenvalue weighted by molar-refractivity contribution is 0.679. The molecule has 0 spiro atoms. The molecular weight excluding hydrogens is 228 g/mol. The first kappa shape index (κ1) is 12.2. The molecule has 2 rings (SSSR count). The first-order valence-corrected chi connectivity index (χ1v) is 6.43. The fraction of sp³-hybridized carbons (Fsp3) is 0.250. The standard InChI is InChI=1S/C16H17Cl/c1-13(15-5-3-2-4-6-15)7-8-14-9-11-16(17)12-10-14/h2-6,9-13H,7-8H2,1H3/t13-/m0/s1. The second-order valence-electron chi connectivity index (χ2n) is 4.48. The predicted molar refractivity (Wildman–Crippen MR) is 74.6 cm³/mol. The van der Waals surface area contributed by atoms with E-state index in [1.165, 1.54) is 17.5 Å². The van der Waals surface area contributed by atoms with E-state index in [9.17, 15) is 0 Å². The quantitative estimate of drug-likeness (QED) is 0.704. The van der Waals surface area contributed by atoms with Crippen LogP contribution in [0.3, 0.4) is 0 Å². The van der Waals surface area contributed by atoms with Gasteiger partial charge in [-0.05, 0) is 42.0 Å². The maximum absolute atomic E-state index is 5.87. The summed E-state index contributed by atoms with van der Waals surface area (Å²) in [6, 6.07) is 18.8. The molecule has 0 saturated carbocycles. The van der Waals surface area contributed by atoms with Crippen LogP contribution >= 0.6 is 11.6 Å². The van der Waals surface area contributed by atoms with Gasteiger partial charge in [-0.15, -0.1) is 0 Å². The fourth-order valence-electron chi connectivity index (χ4n) is 1.98. The van der Waals surface area contributed by atoms with E-state index in [1.54, 1.807) is 0 Å². The predicted octanol–water partition coefficient (Wildman–Crippen LogP) is 5.08. The highest BCUT2D eigenvalue weighted by atomic mass is 35.5. The summed E-state index contributed by atoms with van der Waals surface area (Å²) in [5.41, 5.74) is 2.78. The molecule has 1 heteroatoms. The van der Waals surface area contributed by atoms with Crippen molar-refractivity contribution >= 4 is 11.6 Å². The Bertz CT molecular complexity index is 445. The van der Waals surface area contributed by atoms with E-state index in [4.69, 9.17) is 11.6 Å². The third-order valence-electron chi connectivity index (χ3n) is 3.15. The highest BCUT2D eigenvalue weighted by Gasteiger charge is 2.04. The molecule has 2 aromatic rings. The van der Waals surface area contributed by atoms with Crippen LogP contribution in [-0.2, 0) is 6.42 Å². The average Bonchev–Trinajstić information content (AvgIpc) is 2.39. The summed E-state index contributed by atoms with van der Waals surface area (Å²) in [6.45, 7) is 2.28. The van der Waals surface area contributed by atoms with Crippen LogP contribution in [0.25, 0.3) is 0 Å². The molecule has 0 aromatic heterocycles. The molecule has 0 amide bonds. The molecule has 1 atom stereocenters. The van der Waals surface area contributed by atoms with Gasteiger partial charge >= 0.3 is 0 Å². The van der Waals surface area contributed by atoms with Crippen LogP contribution in [0.2, 0.25) is 5.02 Å². The molecule has 2 aromatic carbocycles. The van der Waals surface area contributed by atoms with Crippen molar-refractivity contribution in [1.29, 1.82) is 0 Å². The normalized spacial score (nSPS) is 12.4. The van der Waals surface area contributed by atoms with Crippen LogP contribution in [0.1, 0.15) is 30.4 Å². The van der Waals surface area contributed by atoms with E-state index >= 15 is 0 Å². The summed E-state index contributed by atoms with van der Waals surface area (Å²) >= 11 is 5.87. The van der Waals surface area contributed by atoms with E-state index in [1.807, 2.05) is 12.1 Å². The van der Waals surface area contributed by atoms with Crippen LogP contribution < -0.4 is 0 Å². The van der Waals surface area contributed by atoms with Crippen LogP contribution in [0.15, 0.2) is 54.6 Å². The number of halogens is 1. The Kier molecular flexibility index (Phi) is 4.22. The highest BCUT2D eigenvalue weighted by Crippen LogP contribution is 2.21. The lowest BCUT2D eigenvalue weighted by Gasteiger charge is -2.11. The van der Waals surface area contributed by atoms with Crippen molar-refractivity contribution in [3.05, 3.63) is 70.7 Å². The molecule has 0 aliphatic carbocycles. The lowest BCUT2D eigenvalue weighted by Crippen LogP contribution is -1.96. The second kappa shape index (κ2) is 5.88. The van der Waals surface area contributed by atoms with Crippen molar-refractivity contribution in [1.82, 2.24) is 0 Å². The van der Waals surface area contributed by atoms with Crippen LogP contribution in [0, 0.1) is 0 Å². The fourth-order valence-corrected chi connectivity index (χ4v) is 2.11. The molecule has 0 fully saturated rings. The Hall–Kier alpha value is -1.27. The molecular formula is C16H17Cl. The Morgan fingerprint density at radius 2 is 1.59 bits per heavy atom. The molecule has 0 heterocycles. The smallest absolute Gasteiger partial charge is 0.0406 e. The Balaban J connectivity index is 1.92. The maximum atomic E-state index is 5.87. The zero-order chi connectivity index (χ0) is 12.1. The van der Waals surface area contributed by atoms with E-state index in [2.05, 4.69) is 49.4 Å². The van der Waals surface area contributed by atoms with Gasteiger partial charge in [0.2, 0.25) is 0 Å². The summed E-state index contributed by atoms with van der Waals surface area (Å²) in [5.74, 6) is 0.604. The van der Waals surface area contributed by atoms with Gasteiger partial charge in [0.1, 0.15) is 0 Å². The lowest BCUT2D eigenvalue weighted by atomic mass is 9.94. The van der Waals surface area contributed by atoms with E-state index < -0.39 is 0 Å². The van der Waals surface area contributed by atoms with Gasteiger partial charge in [0.05, 0.1) is 0 Å². The van der Waals surface area contributed by atoms with Gasteiger partial charge in [0.15, 0.2) is 0 Å². The Morgan fingerprint density at radius 3 is 2.24 bits per heavy atom. The third kappa shape index (κ3) is 3.61. The summed E-state index contributed by atoms with van der Waals surface area (Å²) in [4.78, 5) is 0. The summed E-state index contributed by atoms with van der Waals surface area (Å²) in [7, 11) is 0. The molecule has 17 heavy (non-hydrogen) atoms. The number of benzene rings is 2. The van der Waals surface area contributed by atoms with E-state index in [-0.39, 0.29) is 0 Å². The van der Waals surface area contributed by atoms with Gasteiger partial charge in [0, 0.05) is 5.02 Å². The van der Waals surface area contributed by atoms with Crippen molar-refractivity contribution in [2.75, 3.05) is 0 Å². The van der Waals surface area contributed by atoms with Gasteiger partial charge < -0.3 is 0 Å². The summed E-state index contributed by atoms with van der Waals surface area (Å²) < 4.78 is 0. The van der Waals surface area contributed by atoms with Gasteiger partial charge in [-0.2, -0.15) is 0 Å². The monoisotopic (exact) mass is 244 g/mol. The molecule has 0 bridgehead atoms. The largest absolute Gasteiger partial charge is 0.0843 e. The van der Waals surface area contributed by atoms with Gasteiger partial charge in [-0.25, -0.2) is 0 Å². The third-order valence-corrected chi connectivity index (χ3v) is 3.40. The van der Waals surface area contributed by atoms with Crippen molar-refractivity contribution in [3.63, 3.8) is 0 Å². The highest BCUT2D eigenvalue weighted by molar-refractivity contribution is 6.30. The summed E-state index contributed by atoms with van der Waals surface area (Å²) in [6.07, 6.45) is 2.28. The molecule has 0 nitrogen and oxygen atoms in total. The minimum absolute atomic E-state index is 0.604. The molecule has 0 N–H and O–H groups in total. The van der Waals surface area contributed by atoms with E-state index in [0.29, 0.717) is 5.92 Å². The topological polar surface area (TPSA) is 0 Å². The minimum Gasteiger partial charge on any atom is -0.0843 e. The average molecular weight is 245 g/mol. The molecule has 88 valence electrons. The molecule has 0 radical (unpaired) electrons. The van der Waals surface area contributed by atoms with Crippen molar-refractivity contribution < 1.29 is 0 Å². The van der Waals surface area contributed by atoms with Crippen LogP contribution in [0.4, 0.5) is 0 Å². The van der Waals surface area contributed by atoms with Gasteiger partial charge in [0.25, 0.3) is 0 Å². The number of hydrogen-bond donors (Lipinski definition) is 0. The number of hydrogen-bond acceptors (Lipinski definition) is 0. The number of aryl methyl sites for hydroxylation is 1. The first-order valence-electron chi connectivity index (χ1n) is 6.05. The second-order valence-corrected chi connectivity index (χ2v) is 4.91. The Morgan fingerprint density at radius 1 is 0.941 bits per heavy atom. The van der Waals surface area contributed by atoms with E-state index in [0.717, 1.165) is 11.4 Å². The van der Waals surface area contributed by atoms with Crippen LogP contribution in [0.5, 0.6) is 0 Å². The molecule has 0 unspecified atom stereocenters. The Labute approximate surface area is 108 Å². The minimum atomic E-state index is 0.604.